The van der Waals surface area contributed by atoms with Gasteiger partial charge in [0.15, 0.2) is 23.3 Å². The van der Waals surface area contributed by atoms with Gasteiger partial charge in [0, 0.05) is 95.2 Å². The zero-order valence-corrected chi connectivity index (χ0v) is 34.2. The van der Waals surface area contributed by atoms with Crippen LogP contribution in [0, 0.1) is 0 Å². The molecule has 4 aliphatic heterocycles. The van der Waals surface area contributed by atoms with Gasteiger partial charge in [-0.3, -0.25) is 40.0 Å². The highest BCUT2D eigenvalue weighted by atomic mass is 35.5. The summed E-state index contributed by atoms with van der Waals surface area (Å²) in [5, 5.41) is 23.2. The van der Waals surface area contributed by atoms with Crippen molar-refractivity contribution in [1.29, 1.82) is 0 Å². The number of nitrogens with one attached hydrogen (secondary N) is 2. The van der Waals surface area contributed by atoms with Crippen molar-refractivity contribution in [2.45, 2.75) is 24.9 Å². The molecule has 316 valence electrons. The highest BCUT2D eigenvalue weighted by Gasteiger charge is 2.41. The first-order valence-electron chi connectivity index (χ1n) is 19.5. The second-order valence-corrected chi connectivity index (χ2v) is 15.1. The topological polar surface area (TPSA) is 233 Å². The number of nitrogens with zero attached hydrogens (tertiary/aromatic N) is 12. The van der Waals surface area contributed by atoms with Crippen LogP contribution in [0.25, 0.3) is 11.3 Å². The van der Waals surface area contributed by atoms with Gasteiger partial charge in [-0.25, -0.2) is 29.5 Å². The highest BCUT2D eigenvalue weighted by molar-refractivity contribution is 6.58. The molecule has 4 N–H and O–H groups in total. The molecule has 4 bridgehead atoms. The minimum absolute atomic E-state index is 0.0329. The van der Waals surface area contributed by atoms with Gasteiger partial charge in [0.05, 0.1) is 41.5 Å². The number of hydrogen-bond donors (Lipinski definition) is 4. The summed E-state index contributed by atoms with van der Waals surface area (Å²) < 4.78 is 2.86. The third kappa shape index (κ3) is 8.80. The Morgan fingerprint density at radius 3 is 1.76 bits per heavy atom. The van der Waals surface area contributed by atoms with Crippen LogP contribution in [0.2, 0.25) is 5.15 Å². The molecule has 10 rings (SSSR count). The van der Waals surface area contributed by atoms with Gasteiger partial charge in [-0.2, -0.15) is 0 Å². The molecule has 6 aromatic rings. The fourth-order valence-electron chi connectivity index (χ4n) is 7.58. The Labute approximate surface area is 359 Å². The van der Waals surface area contributed by atoms with Gasteiger partial charge in [-0.15, -0.1) is 0 Å². The molecule has 0 aromatic carbocycles. The van der Waals surface area contributed by atoms with Crippen molar-refractivity contribution in [3.05, 3.63) is 124 Å². The van der Waals surface area contributed by atoms with Gasteiger partial charge in [0.25, 0.3) is 5.56 Å². The second kappa shape index (κ2) is 17.8. The Kier molecular flexibility index (Phi) is 11.9. The van der Waals surface area contributed by atoms with E-state index in [0.717, 1.165) is 56.0 Å². The molecule has 0 spiro atoms. The lowest BCUT2D eigenvalue weighted by atomic mass is 9.81. The number of hydrogen-bond acceptors (Lipinski definition) is 14. The Morgan fingerprint density at radius 2 is 1.24 bits per heavy atom. The molecule has 6 aromatic heterocycles. The van der Waals surface area contributed by atoms with E-state index in [9.17, 15) is 19.2 Å². The molecule has 0 unspecified atom stereocenters. The van der Waals surface area contributed by atoms with E-state index in [1.807, 2.05) is 24.3 Å². The lowest BCUT2D eigenvalue weighted by Gasteiger charge is -2.35. The number of amides is 4. The first-order valence-corrected chi connectivity index (χ1v) is 19.9. The summed E-state index contributed by atoms with van der Waals surface area (Å²) in [6.45, 7) is 3.37. The maximum Gasteiger partial charge on any atom is 0.488 e. The van der Waals surface area contributed by atoms with Crippen molar-refractivity contribution >= 4 is 70.9 Å². The maximum atomic E-state index is 13.1. The molecule has 0 saturated carbocycles. The van der Waals surface area contributed by atoms with Gasteiger partial charge in [-0.1, -0.05) is 11.6 Å². The van der Waals surface area contributed by atoms with Crippen LogP contribution in [0.1, 0.15) is 12.8 Å². The van der Waals surface area contributed by atoms with E-state index >= 15 is 0 Å². The molecule has 2 saturated heterocycles. The number of fused-ring (bicyclic) bond motifs is 8. The van der Waals surface area contributed by atoms with E-state index in [4.69, 9.17) is 26.6 Å². The number of urea groups is 2. The van der Waals surface area contributed by atoms with E-state index in [-0.39, 0.29) is 40.7 Å². The zero-order valence-electron chi connectivity index (χ0n) is 33.5. The maximum absolute atomic E-state index is 13.1. The van der Waals surface area contributed by atoms with Crippen LogP contribution in [-0.4, -0.2) is 107 Å². The lowest BCUT2D eigenvalue weighted by Crippen LogP contribution is -2.48. The summed E-state index contributed by atoms with van der Waals surface area (Å²) in [5.74, 6) is 2.00. The number of rotatable bonds is 4. The van der Waals surface area contributed by atoms with Crippen LogP contribution >= 0.6 is 11.6 Å². The standard InChI is InChI=1S/C20H19N7O2.C14H13ClN6O.C6H8BNO3/c1-25-8-4-13(10-18(25)28)15-2-3-16-19(23-15)27(14-5-9-26(16)12-14)20(29)24-17-11-21-6-7-22-17;15-11-2-1-10-13(18-11)21(9-3-6-20(10)8-9)14(22)19-12-7-16-4-5-17-12;1-8-3-2-5(7(10)11)4-6(8)9/h2-4,6-8,10-11,14H,5,9,12H2,1H3,(H,22,24,29);1-2,4-5,7,9H,3,6,8H2,(H,17,19,22);2-4,10-11H,1H3/t14-;9-;/m00./s1. The van der Waals surface area contributed by atoms with E-state index in [0.29, 0.717) is 34.1 Å². The van der Waals surface area contributed by atoms with Gasteiger partial charge >= 0.3 is 19.2 Å². The molecular weight excluding hydrogens is 819 g/mol. The van der Waals surface area contributed by atoms with E-state index in [1.165, 1.54) is 52.3 Å². The molecule has 0 radical (unpaired) electrons. The predicted octanol–water partition coefficient (Wildman–Crippen LogP) is 2.09. The van der Waals surface area contributed by atoms with Crippen LogP contribution in [-0.2, 0) is 14.1 Å². The van der Waals surface area contributed by atoms with Crippen molar-refractivity contribution in [1.82, 2.24) is 39.0 Å². The summed E-state index contributed by atoms with van der Waals surface area (Å²) in [5.41, 5.74) is 3.08. The smallest absolute Gasteiger partial charge is 0.423 e. The molecule has 10 heterocycles. The molecular formula is C40H40BClN14O6. The largest absolute Gasteiger partial charge is 0.488 e. The third-order valence-corrected chi connectivity index (χ3v) is 10.9. The summed E-state index contributed by atoms with van der Waals surface area (Å²) in [6, 6.07) is 13.2. The minimum Gasteiger partial charge on any atom is -0.423 e. The van der Waals surface area contributed by atoms with Crippen molar-refractivity contribution in [3.63, 3.8) is 0 Å². The number of carbonyl (C=O) groups excluding carboxylic acids is 2. The molecule has 2 atom stereocenters. The number of pyridine rings is 4. The number of aryl methyl sites for hydroxylation is 2. The van der Waals surface area contributed by atoms with Gasteiger partial charge in [0.1, 0.15) is 5.15 Å². The van der Waals surface area contributed by atoms with Crippen LogP contribution < -0.4 is 46.8 Å². The normalized spacial score (nSPS) is 16.5. The van der Waals surface area contributed by atoms with Crippen LogP contribution in [0.3, 0.4) is 0 Å². The van der Waals surface area contributed by atoms with Crippen LogP contribution in [0.15, 0.2) is 108 Å². The quantitative estimate of drug-likeness (QED) is 0.147. The second-order valence-electron chi connectivity index (χ2n) is 14.7. The average Bonchev–Trinajstić information content (AvgIpc) is 3.89. The monoisotopic (exact) mass is 858 g/mol. The van der Waals surface area contributed by atoms with Crippen molar-refractivity contribution in [2.24, 2.45) is 14.1 Å². The number of halogens is 1. The van der Waals surface area contributed by atoms with Crippen molar-refractivity contribution in [3.8, 4) is 11.3 Å². The van der Waals surface area contributed by atoms with Gasteiger partial charge in [-0.05, 0) is 54.7 Å². The Balaban J connectivity index is 0.000000141. The van der Waals surface area contributed by atoms with E-state index < -0.39 is 7.12 Å². The molecule has 0 aliphatic carbocycles. The summed E-state index contributed by atoms with van der Waals surface area (Å²) in [7, 11) is 1.73. The molecule has 20 nitrogen and oxygen atoms in total. The first-order chi connectivity index (χ1) is 29.9. The van der Waals surface area contributed by atoms with Crippen LogP contribution in [0.5, 0.6) is 0 Å². The third-order valence-electron chi connectivity index (χ3n) is 10.7. The minimum atomic E-state index is -1.57. The fourth-order valence-corrected chi connectivity index (χ4v) is 7.72. The summed E-state index contributed by atoms with van der Waals surface area (Å²) in [6.07, 6.45) is 14.2. The summed E-state index contributed by atoms with van der Waals surface area (Å²) >= 11 is 6.01. The van der Waals surface area contributed by atoms with Gasteiger partial charge < -0.3 is 29.0 Å². The fraction of sp³-hybridized carbons (Fsp3) is 0.250. The first kappa shape index (κ1) is 41.5. The molecule has 2 fully saturated rings. The Bertz CT molecular complexity index is 2730. The Hall–Kier alpha value is -7.23. The van der Waals surface area contributed by atoms with E-state index in [2.05, 4.69) is 45.4 Å². The lowest BCUT2D eigenvalue weighted by molar-refractivity contribution is 0.254. The summed E-state index contributed by atoms with van der Waals surface area (Å²) in [4.78, 5) is 81.8. The molecule has 4 amide bonds. The molecule has 4 aliphatic rings. The molecule has 62 heavy (non-hydrogen) atoms. The number of anilines is 6. The SMILES string of the molecule is Cn1ccc(-c2ccc3c(n2)N(C(=O)Nc2cnccn2)[C@H]2CCN3C2)cc1=O.Cn1ccc(B(O)O)cc1=O.O=C(Nc1cnccn1)N1c2nc(Cl)ccc2N2CC[C@H]1C2. The predicted molar refractivity (Wildman–Crippen MR) is 234 cm³/mol. The van der Waals surface area contributed by atoms with Crippen molar-refractivity contribution in [2.75, 3.05) is 56.4 Å². The average molecular weight is 859 g/mol. The van der Waals surface area contributed by atoms with Crippen LogP contribution in [0.4, 0.5) is 44.2 Å². The van der Waals surface area contributed by atoms with Crippen molar-refractivity contribution < 1.29 is 19.6 Å². The van der Waals surface area contributed by atoms with E-state index in [1.54, 1.807) is 54.6 Å². The number of aromatic nitrogens is 8. The highest BCUT2D eigenvalue weighted by Crippen LogP contribution is 2.41. The number of carbonyl (C=O) groups is 2. The van der Waals surface area contributed by atoms with Gasteiger partial charge in [0.2, 0.25) is 5.56 Å². The molecule has 22 heteroatoms. The Morgan fingerprint density at radius 1 is 0.710 bits per heavy atom. The zero-order chi connectivity index (χ0) is 43.5.